The summed E-state index contributed by atoms with van der Waals surface area (Å²) in [5.41, 5.74) is 0.565. The molecule has 0 aliphatic carbocycles. The molecule has 2 rings (SSSR count). The van der Waals surface area contributed by atoms with Crippen LogP contribution in [0.4, 0.5) is 0 Å². The van der Waals surface area contributed by atoms with Gasteiger partial charge in [0.1, 0.15) is 6.04 Å². The Bertz CT molecular complexity index is 560. The smallest absolute Gasteiger partial charge is 0.253 e. The first-order valence-electron chi connectivity index (χ1n) is 8.46. The normalized spacial score (nSPS) is 16.3. The van der Waals surface area contributed by atoms with Gasteiger partial charge in [0.25, 0.3) is 5.91 Å². The fraction of sp³-hybridized carbons (Fsp3) is 0.556. The van der Waals surface area contributed by atoms with Crippen LogP contribution in [-0.4, -0.2) is 47.9 Å². The molecule has 2 amide bonds. The molecule has 1 aromatic rings. The van der Waals surface area contributed by atoms with Gasteiger partial charge in [-0.25, -0.2) is 0 Å². The molecule has 0 saturated carbocycles. The van der Waals surface area contributed by atoms with Crippen molar-refractivity contribution in [2.24, 2.45) is 0 Å². The summed E-state index contributed by atoms with van der Waals surface area (Å²) in [4.78, 5) is 27.4. The molecule has 1 fully saturated rings. The standard InChI is InChI=1S/C18H25BrN2O2S/c1-24-13-10-16(18(23)21-11-6-2-3-7-12-21)20-17(22)14-8-4-5-9-15(14)19/h4-5,8-9,16H,2-3,6-7,10-13H2,1H3,(H,20,22)/t16-/m0/s1. The summed E-state index contributed by atoms with van der Waals surface area (Å²) >= 11 is 5.10. The fourth-order valence-corrected chi connectivity index (χ4v) is 3.82. The van der Waals surface area contributed by atoms with Crippen molar-refractivity contribution in [3.8, 4) is 0 Å². The summed E-state index contributed by atoms with van der Waals surface area (Å²) in [7, 11) is 0. The van der Waals surface area contributed by atoms with Crippen molar-refractivity contribution in [2.75, 3.05) is 25.1 Å². The maximum absolute atomic E-state index is 12.9. The predicted octanol–water partition coefficient (Wildman–Crippen LogP) is 3.70. The SMILES string of the molecule is CSCC[C@H](NC(=O)c1ccccc1Br)C(=O)N1CCCCCC1. The third kappa shape index (κ3) is 5.52. The van der Waals surface area contributed by atoms with E-state index >= 15 is 0 Å². The number of benzene rings is 1. The highest BCUT2D eigenvalue weighted by molar-refractivity contribution is 9.10. The van der Waals surface area contributed by atoms with E-state index < -0.39 is 6.04 Å². The summed E-state index contributed by atoms with van der Waals surface area (Å²) in [6.07, 6.45) is 7.15. The minimum absolute atomic E-state index is 0.0614. The van der Waals surface area contributed by atoms with Gasteiger partial charge in [0.15, 0.2) is 0 Å². The molecule has 4 nitrogen and oxygen atoms in total. The van der Waals surface area contributed by atoms with Crippen molar-refractivity contribution < 1.29 is 9.59 Å². The van der Waals surface area contributed by atoms with Crippen molar-refractivity contribution in [1.82, 2.24) is 10.2 Å². The molecule has 0 radical (unpaired) electrons. The lowest BCUT2D eigenvalue weighted by Crippen LogP contribution is -2.49. The van der Waals surface area contributed by atoms with E-state index in [2.05, 4.69) is 21.2 Å². The molecule has 0 spiro atoms. The third-order valence-electron chi connectivity index (χ3n) is 4.25. The highest BCUT2D eigenvalue weighted by Gasteiger charge is 2.26. The number of hydrogen-bond donors (Lipinski definition) is 1. The number of nitrogens with one attached hydrogen (secondary N) is 1. The summed E-state index contributed by atoms with van der Waals surface area (Å²) in [5, 5.41) is 2.95. The number of rotatable bonds is 6. The minimum atomic E-state index is -0.449. The van der Waals surface area contributed by atoms with E-state index in [-0.39, 0.29) is 11.8 Å². The monoisotopic (exact) mass is 412 g/mol. The van der Waals surface area contributed by atoms with E-state index in [0.29, 0.717) is 12.0 Å². The van der Waals surface area contributed by atoms with Gasteiger partial charge in [-0.2, -0.15) is 11.8 Å². The van der Waals surface area contributed by atoms with Crippen LogP contribution in [0.2, 0.25) is 0 Å². The minimum Gasteiger partial charge on any atom is -0.341 e. The van der Waals surface area contributed by atoms with Crippen molar-refractivity contribution in [1.29, 1.82) is 0 Å². The van der Waals surface area contributed by atoms with Gasteiger partial charge in [-0.3, -0.25) is 9.59 Å². The average Bonchev–Trinajstić information content (AvgIpc) is 2.87. The quantitative estimate of drug-likeness (QED) is 0.774. The van der Waals surface area contributed by atoms with Gasteiger partial charge >= 0.3 is 0 Å². The second-order valence-electron chi connectivity index (χ2n) is 6.03. The Hall–Kier alpha value is -1.01. The summed E-state index contributed by atoms with van der Waals surface area (Å²) in [5.74, 6) is 0.712. The van der Waals surface area contributed by atoms with E-state index in [4.69, 9.17) is 0 Å². The first-order valence-corrected chi connectivity index (χ1v) is 10.7. The second kappa shape index (κ2) is 10.1. The molecule has 0 bridgehead atoms. The van der Waals surface area contributed by atoms with Crippen molar-refractivity contribution in [3.05, 3.63) is 34.3 Å². The number of carbonyl (C=O) groups excluding carboxylic acids is 2. The molecular formula is C18H25BrN2O2S. The van der Waals surface area contributed by atoms with E-state index in [1.807, 2.05) is 29.4 Å². The topological polar surface area (TPSA) is 49.4 Å². The maximum atomic E-state index is 12.9. The zero-order chi connectivity index (χ0) is 17.4. The van der Waals surface area contributed by atoms with Gasteiger partial charge in [0.05, 0.1) is 5.56 Å². The largest absolute Gasteiger partial charge is 0.341 e. The molecule has 1 N–H and O–H groups in total. The zero-order valence-corrected chi connectivity index (χ0v) is 16.5. The first kappa shape index (κ1) is 19.3. The summed E-state index contributed by atoms with van der Waals surface area (Å²) in [6.45, 7) is 1.61. The molecule has 1 heterocycles. The molecule has 1 aromatic carbocycles. The molecule has 0 unspecified atom stereocenters. The number of carbonyl (C=O) groups is 2. The van der Waals surface area contributed by atoms with Gasteiger partial charge in [-0.1, -0.05) is 25.0 Å². The van der Waals surface area contributed by atoms with Gasteiger partial charge < -0.3 is 10.2 Å². The van der Waals surface area contributed by atoms with Crippen LogP contribution in [0.1, 0.15) is 42.5 Å². The lowest BCUT2D eigenvalue weighted by Gasteiger charge is -2.27. The van der Waals surface area contributed by atoms with E-state index in [1.54, 1.807) is 17.8 Å². The molecular weight excluding hydrogens is 388 g/mol. The number of thioether (sulfide) groups is 1. The number of nitrogens with zero attached hydrogens (tertiary/aromatic N) is 1. The summed E-state index contributed by atoms with van der Waals surface area (Å²) in [6, 6.07) is 6.85. The molecule has 0 aromatic heterocycles. The fourth-order valence-electron chi connectivity index (χ4n) is 2.89. The third-order valence-corrected chi connectivity index (χ3v) is 5.59. The average molecular weight is 413 g/mol. The first-order chi connectivity index (χ1) is 11.6. The second-order valence-corrected chi connectivity index (χ2v) is 7.87. The van der Waals surface area contributed by atoms with Crippen LogP contribution in [0.5, 0.6) is 0 Å². The zero-order valence-electron chi connectivity index (χ0n) is 14.1. The molecule has 1 aliphatic heterocycles. The molecule has 24 heavy (non-hydrogen) atoms. The predicted molar refractivity (Wildman–Crippen MR) is 103 cm³/mol. The Morgan fingerprint density at radius 3 is 2.50 bits per heavy atom. The van der Waals surface area contributed by atoms with Gasteiger partial charge in [0, 0.05) is 17.6 Å². The maximum Gasteiger partial charge on any atom is 0.253 e. The Labute approximate surface area is 156 Å². The van der Waals surface area contributed by atoms with Crippen LogP contribution in [-0.2, 0) is 4.79 Å². The molecule has 6 heteroatoms. The van der Waals surface area contributed by atoms with Gasteiger partial charge in [-0.05, 0) is 59.3 Å². The lowest BCUT2D eigenvalue weighted by molar-refractivity contribution is -0.133. The van der Waals surface area contributed by atoms with Crippen molar-refractivity contribution >= 4 is 39.5 Å². The van der Waals surface area contributed by atoms with E-state index in [0.717, 1.165) is 36.2 Å². The Morgan fingerprint density at radius 1 is 1.21 bits per heavy atom. The van der Waals surface area contributed by atoms with Crippen LogP contribution in [0.3, 0.4) is 0 Å². The van der Waals surface area contributed by atoms with Crippen molar-refractivity contribution in [2.45, 2.75) is 38.1 Å². The molecule has 1 saturated heterocycles. The Morgan fingerprint density at radius 2 is 1.88 bits per heavy atom. The van der Waals surface area contributed by atoms with Crippen LogP contribution < -0.4 is 5.32 Å². The molecule has 1 aliphatic rings. The van der Waals surface area contributed by atoms with Crippen LogP contribution in [0.25, 0.3) is 0 Å². The van der Waals surface area contributed by atoms with Crippen LogP contribution >= 0.6 is 27.7 Å². The van der Waals surface area contributed by atoms with Crippen molar-refractivity contribution in [3.63, 3.8) is 0 Å². The highest BCUT2D eigenvalue weighted by atomic mass is 79.9. The lowest BCUT2D eigenvalue weighted by atomic mass is 10.1. The van der Waals surface area contributed by atoms with E-state index in [9.17, 15) is 9.59 Å². The van der Waals surface area contributed by atoms with Crippen LogP contribution in [0, 0.1) is 0 Å². The number of likely N-dealkylation sites (tertiary alicyclic amines) is 1. The molecule has 1 atom stereocenters. The number of halogens is 1. The molecule has 132 valence electrons. The van der Waals surface area contributed by atoms with Gasteiger partial charge in [-0.15, -0.1) is 0 Å². The van der Waals surface area contributed by atoms with Crippen LogP contribution in [0.15, 0.2) is 28.7 Å². The Kier molecular flexibility index (Phi) is 8.12. The number of hydrogen-bond acceptors (Lipinski definition) is 3. The highest BCUT2D eigenvalue weighted by Crippen LogP contribution is 2.17. The van der Waals surface area contributed by atoms with E-state index in [1.165, 1.54) is 12.8 Å². The summed E-state index contributed by atoms with van der Waals surface area (Å²) < 4.78 is 0.744. The number of amides is 2. The Balaban J connectivity index is 2.07. The van der Waals surface area contributed by atoms with Gasteiger partial charge in [0.2, 0.25) is 5.91 Å².